The molecule has 4 aliphatic rings. The van der Waals surface area contributed by atoms with Crippen LogP contribution < -0.4 is 5.73 Å². The fourth-order valence-electron chi connectivity index (χ4n) is 6.24. The minimum atomic E-state index is 0.0516. The third-order valence-corrected chi connectivity index (χ3v) is 6.04. The van der Waals surface area contributed by atoms with Gasteiger partial charge in [-0.3, -0.25) is 0 Å². The molecule has 4 bridgehead atoms. The number of nitrogens with two attached hydrogens (primary N) is 1. The average Bonchev–Trinajstić information content (AvgIpc) is 2.12. The van der Waals surface area contributed by atoms with Crippen molar-refractivity contribution in [1.29, 1.82) is 0 Å². The Labute approximate surface area is 107 Å². The lowest BCUT2D eigenvalue weighted by Gasteiger charge is -2.63. The van der Waals surface area contributed by atoms with Gasteiger partial charge in [-0.15, -0.1) is 0 Å². The second-order valence-electron chi connectivity index (χ2n) is 8.07. The molecule has 0 saturated heterocycles. The second kappa shape index (κ2) is 3.73. The van der Waals surface area contributed by atoms with Gasteiger partial charge in [0, 0.05) is 5.54 Å². The molecule has 1 nitrogen and oxygen atoms in total. The van der Waals surface area contributed by atoms with Crippen molar-refractivity contribution in [2.75, 3.05) is 0 Å². The zero-order chi connectivity index (χ0) is 12.3. The topological polar surface area (TPSA) is 26.0 Å². The first kappa shape index (κ1) is 12.0. The predicted octanol–water partition coefficient (Wildman–Crippen LogP) is 3.97. The third-order valence-electron chi connectivity index (χ3n) is 6.04. The minimum absolute atomic E-state index is 0.0516. The van der Waals surface area contributed by atoms with Crippen molar-refractivity contribution in [3.63, 3.8) is 0 Å². The highest BCUT2D eigenvalue weighted by molar-refractivity contribution is 5.08. The van der Waals surface area contributed by atoms with Crippen LogP contribution in [0.15, 0.2) is 0 Å². The molecule has 98 valence electrons. The van der Waals surface area contributed by atoms with E-state index >= 15 is 0 Å². The van der Waals surface area contributed by atoms with Gasteiger partial charge in [0.2, 0.25) is 0 Å². The van der Waals surface area contributed by atoms with E-state index in [-0.39, 0.29) is 5.54 Å². The van der Waals surface area contributed by atoms with Crippen molar-refractivity contribution in [3.05, 3.63) is 0 Å². The van der Waals surface area contributed by atoms with E-state index in [1.165, 1.54) is 38.5 Å². The summed E-state index contributed by atoms with van der Waals surface area (Å²) in [7, 11) is 0. The first-order chi connectivity index (χ1) is 7.93. The molecule has 2 unspecified atom stereocenters. The fraction of sp³-hybridized carbons (Fsp3) is 1.00. The van der Waals surface area contributed by atoms with Crippen LogP contribution in [-0.4, -0.2) is 5.54 Å². The van der Waals surface area contributed by atoms with Gasteiger partial charge in [0.15, 0.2) is 0 Å². The predicted molar refractivity (Wildman–Crippen MR) is 72.7 cm³/mol. The summed E-state index contributed by atoms with van der Waals surface area (Å²) < 4.78 is 0. The van der Waals surface area contributed by atoms with Gasteiger partial charge < -0.3 is 5.73 Å². The lowest BCUT2D eigenvalue weighted by Crippen LogP contribution is -2.59. The monoisotopic (exact) mass is 235 g/mol. The molecule has 2 atom stereocenters. The van der Waals surface area contributed by atoms with E-state index in [9.17, 15) is 0 Å². The zero-order valence-corrected chi connectivity index (χ0v) is 11.8. The molecule has 0 heterocycles. The Hall–Kier alpha value is -0.0400. The molecule has 0 aromatic carbocycles. The highest BCUT2D eigenvalue weighted by Crippen LogP contribution is 2.65. The molecule has 4 aliphatic carbocycles. The molecule has 0 aliphatic heterocycles. The molecule has 0 amide bonds. The molecule has 1 heteroatoms. The molecule has 4 saturated carbocycles. The van der Waals surface area contributed by atoms with E-state index in [0.717, 1.165) is 29.1 Å². The van der Waals surface area contributed by atoms with Crippen LogP contribution >= 0.6 is 0 Å². The van der Waals surface area contributed by atoms with Gasteiger partial charge in [-0.05, 0) is 81.5 Å². The molecule has 0 aromatic rings. The van der Waals surface area contributed by atoms with Gasteiger partial charge >= 0.3 is 0 Å². The highest BCUT2D eigenvalue weighted by Gasteiger charge is 2.57. The van der Waals surface area contributed by atoms with Gasteiger partial charge in [0.05, 0.1) is 0 Å². The maximum absolute atomic E-state index is 6.48. The molecule has 0 radical (unpaired) electrons. The molecule has 0 aromatic heterocycles. The maximum atomic E-state index is 6.48. The summed E-state index contributed by atoms with van der Waals surface area (Å²) >= 11 is 0. The van der Waals surface area contributed by atoms with E-state index in [2.05, 4.69) is 20.8 Å². The Balaban J connectivity index is 1.86. The third kappa shape index (κ3) is 1.85. The van der Waals surface area contributed by atoms with E-state index in [0.29, 0.717) is 0 Å². The van der Waals surface area contributed by atoms with Crippen LogP contribution in [-0.2, 0) is 0 Å². The zero-order valence-electron chi connectivity index (χ0n) is 11.8. The summed E-state index contributed by atoms with van der Waals surface area (Å²) in [6, 6.07) is 0. The van der Waals surface area contributed by atoms with Crippen molar-refractivity contribution in [2.45, 2.75) is 71.3 Å². The van der Waals surface area contributed by atoms with Gasteiger partial charge in [0.1, 0.15) is 0 Å². The lowest BCUT2D eigenvalue weighted by molar-refractivity contribution is -0.117. The quantitative estimate of drug-likeness (QED) is 0.787. The summed E-state index contributed by atoms with van der Waals surface area (Å²) in [6.07, 6.45) is 10.4. The van der Waals surface area contributed by atoms with E-state index in [4.69, 9.17) is 5.73 Å². The number of rotatable bonds is 3. The normalized spacial score (nSPS) is 48.7. The summed E-state index contributed by atoms with van der Waals surface area (Å²) in [5.74, 6) is 3.77. The summed E-state index contributed by atoms with van der Waals surface area (Å²) in [6.45, 7) is 6.90. The largest absolute Gasteiger partial charge is 0.325 e. The molecule has 0 spiro atoms. The maximum Gasteiger partial charge on any atom is 0.0131 e. The van der Waals surface area contributed by atoms with Crippen LogP contribution in [0, 0.1) is 29.1 Å². The molecular formula is C16H29N. The van der Waals surface area contributed by atoms with Gasteiger partial charge in [-0.25, -0.2) is 0 Å². The van der Waals surface area contributed by atoms with E-state index in [1.807, 2.05) is 0 Å². The molecule has 17 heavy (non-hydrogen) atoms. The van der Waals surface area contributed by atoms with Crippen LogP contribution in [0.4, 0.5) is 0 Å². The Morgan fingerprint density at radius 3 is 2.18 bits per heavy atom. The number of hydrogen-bond donors (Lipinski definition) is 1. The first-order valence-corrected chi connectivity index (χ1v) is 7.72. The van der Waals surface area contributed by atoms with Crippen molar-refractivity contribution >= 4 is 0 Å². The number of hydrogen-bond acceptors (Lipinski definition) is 1. The standard InChI is InChI=1S/C16H29N/c1-4-5-16-8-11-6-12(9-16)14(15(2,3)17)13(7-11)10-16/h11-14H,4-10,17H2,1-3H3. The second-order valence-corrected chi connectivity index (χ2v) is 8.07. The van der Waals surface area contributed by atoms with E-state index in [1.54, 1.807) is 6.42 Å². The van der Waals surface area contributed by atoms with Crippen molar-refractivity contribution in [2.24, 2.45) is 34.8 Å². The average molecular weight is 235 g/mol. The van der Waals surface area contributed by atoms with Crippen molar-refractivity contribution in [3.8, 4) is 0 Å². The van der Waals surface area contributed by atoms with Crippen LogP contribution in [0.5, 0.6) is 0 Å². The van der Waals surface area contributed by atoms with E-state index < -0.39 is 0 Å². The van der Waals surface area contributed by atoms with Crippen molar-refractivity contribution < 1.29 is 0 Å². The highest BCUT2D eigenvalue weighted by atomic mass is 14.8. The van der Waals surface area contributed by atoms with Gasteiger partial charge in [-0.1, -0.05) is 13.3 Å². The Morgan fingerprint density at radius 2 is 1.71 bits per heavy atom. The molecular weight excluding hydrogens is 206 g/mol. The molecule has 4 rings (SSSR count). The summed E-state index contributed by atoms with van der Waals surface area (Å²) in [4.78, 5) is 0. The van der Waals surface area contributed by atoms with Crippen LogP contribution in [0.3, 0.4) is 0 Å². The Morgan fingerprint density at radius 1 is 1.12 bits per heavy atom. The van der Waals surface area contributed by atoms with Gasteiger partial charge in [0.25, 0.3) is 0 Å². The lowest BCUT2D eigenvalue weighted by atomic mass is 9.43. The van der Waals surface area contributed by atoms with Crippen LogP contribution in [0.1, 0.15) is 65.7 Å². The van der Waals surface area contributed by atoms with Gasteiger partial charge in [-0.2, -0.15) is 0 Å². The Bertz CT molecular complexity index is 285. The first-order valence-electron chi connectivity index (χ1n) is 7.72. The smallest absolute Gasteiger partial charge is 0.0131 e. The molecule has 2 N–H and O–H groups in total. The van der Waals surface area contributed by atoms with Crippen LogP contribution in [0.25, 0.3) is 0 Å². The van der Waals surface area contributed by atoms with Crippen molar-refractivity contribution in [1.82, 2.24) is 0 Å². The van der Waals surface area contributed by atoms with Crippen LogP contribution in [0.2, 0.25) is 0 Å². The minimum Gasteiger partial charge on any atom is -0.325 e. The summed E-state index contributed by atoms with van der Waals surface area (Å²) in [5.41, 5.74) is 7.27. The Kier molecular flexibility index (Phi) is 2.63. The SMILES string of the molecule is CCCC12CC3CC(C1)C(C(C)(C)N)C(C3)C2. The summed E-state index contributed by atoms with van der Waals surface area (Å²) in [5, 5.41) is 0. The molecule has 4 fully saturated rings. The fourth-order valence-corrected chi connectivity index (χ4v) is 6.24.